The Hall–Kier alpha value is -1.06. The molecule has 0 fully saturated rings. The zero-order valence-corrected chi connectivity index (χ0v) is 12.6. The van der Waals surface area contributed by atoms with Gasteiger partial charge in [0.05, 0.1) is 6.61 Å². The Morgan fingerprint density at radius 1 is 1.32 bits per heavy atom. The van der Waals surface area contributed by atoms with Crippen LogP contribution in [0.3, 0.4) is 0 Å². The first-order valence-corrected chi connectivity index (χ1v) is 7.30. The summed E-state index contributed by atoms with van der Waals surface area (Å²) in [5.41, 5.74) is 6.77. The number of para-hydroxylation sites is 1. The highest BCUT2D eigenvalue weighted by Crippen LogP contribution is 2.17. The fraction of sp³-hybridized carbons (Fsp3) is 0.625. The minimum atomic E-state index is 0.531. The summed E-state index contributed by atoms with van der Waals surface area (Å²) in [6.07, 6.45) is 3.54. The van der Waals surface area contributed by atoms with Gasteiger partial charge in [0, 0.05) is 24.7 Å². The van der Waals surface area contributed by atoms with Crippen LogP contribution in [0.2, 0.25) is 0 Å². The number of nitrogens with two attached hydrogens (primary N) is 1. The van der Waals surface area contributed by atoms with Crippen LogP contribution in [0.1, 0.15) is 38.7 Å². The molecule has 1 atom stereocenters. The Morgan fingerprint density at radius 3 is 2.74 bits per heavy atom. The fourth-order valence-electron chi connectivity index (χ4n) is 2.17. The van der Waals surface area contributed by atoms with E-state index in [1.54, 1.807) is 0 Å². The van der Waals surface area contributed by atoms with Crippen molar-refractivity contribution in [1.29, 1.82) is 0 Å². The molecular weight excluding hydrogens is 236 g/mol. The molecule has 19 heavy (non-hydrogen) atoms. The summed E-state index contributed by atoms with van der Waals surface area (Å²) >= 11 is 0. The van der Waals surface area contributed by atoms with Crippen LogP contribution < -0.4 is 10.5 Å². The van der Waals surface area contributed by atoms with Gasteiger partial charge in [-0.25, -0.2) is 0 Å². The van der Waals surface area contributed by atoms with Gasteiger partial charge in [-0.2, -0.15) is 0 Å². The maximum absolute atomic E-state index is 5.81. The summed E-state index contributed by atoms with van der Waals surface area (Å²) in [7, 11) is 2.19. The first-order valence-electron chi connectivity index (χ1n) is 7.30. The number of benzene rings is 1. The minimum Gasteiger partial charge on any atom is -0.493 e. The normalized spacial score (nSPS) is 12.7. The molecule has 0 aliphatic heterocycles. The van der Waals surface area contributed by atoms with Gasteiger partial charge in [0.1, 0.15) is 5.75 Å². The third-order valence-electron chi connectivity index (χ3n) is 3.56. The van der Waals surface area contributed by atoms with Crippen LogP contribution in [-0.4, -0.2) is 31.1 Å². The smallest absolute Gasteiger partial charge is 0.123 e. The highest BCUT2D eigenvalue weighted by Gasteiger charge is 2.07. The number of hydrogen-bond donors (Lipinski definition) is 1. The van der Waals surface area contributed by atoms with Gasteiger partial charge in [-0.3, -0.25) is 0 Å². The largest absolute Gasteiger partial charge is 0.493 e. The average molecular weight is 264 g/mol. The third-order valence-corrected chi connectivity index (χ3v) is 3.56. The van der Waals surface area contributed by atoms with Crippen molar-refractivity contribution >= 4 is 0 Å². The van der Waals surface area contributed by atoms with Gasteiger partial charge >= 0.3 is 0 Å². The van der Waals surface area contributed by atoms with E-state index in [0.717, 1.165) is 30.9 Å². The van der Waals surface area contributed by atoms with Crippen molar-refractivity contribution in [2.45, 2.75) is 45.7 Å². The Bertz CT molecular complexity index is 354. The summed E-state index contributed by atoms with van der Waals surface area (Å²) in [4.78, 5) is 2.40. The molecule has 0 amide bonds. The zero-order chi connectivity index (χ0) is 14.1. The third kappa shape index (κ3) is 5.62. The molecule has 0 aliphatic carbocycles. The molecule has 2 N–H and O–H groups in total. The molecule has 0 saturated heterocycles. The van der Waals surface area contributed by atoms with E-state index in [1.165, 1.54) is 12.8 Å². The SMILES string of the molecule is CCCC(C)N(C)CCCOc1ccccc1CN. The lowest BCUT2D eigenvalue weighted by atomic mass is 10.1. The van der Waals surface area contributed by atoms with Crippen molar-refractivity contribution in [2.75, 3.05) is 20.2 Å². The van der Waals surface area contributed by atoms with Crippen molar-refractivity contribution in [3.05, 3.63) is 29.8 Å². The predicted octanol–water partition coefficient (Wildman–Crippen LogP) is 3.03. The fourth-order valence-corrected chi connectivity index (χ4v) is 2.17. The van der Waals surface area contributed by atoms with E-state index < -0.39 is 0 Å². The van der Waals surface area contributed by atoms with Crippen molar-refractivity contribution in [3.8, 4) is 5.75 Å². The molecule has 0 saturated carbocycles. The van der Waals surface area contributed by atoms with Gasteiger partial charge < -0.3 is 15.4 Å². The molecule has 0 aromatic heterocycles. The summed E-state index contributed by atoms with van der Waals surface area (Å²) in [6, 6.07) is 8.65. The molecule has 0 heterocycles. The van der Waals surface area contributed by atoms with Crippen molar-refractivity contribution in [3.63, 3.8) is 0 Å². The molecule has 0 spiro atoms. The molecule has 1 rings (SSSR count). The standard InChI is InChI=1S/C16H28N2O/c1-4-8-14(2)18(3)11-7-12-19-16-10-6-5-9-15(16)13-17/h5-6,9-10,14H,4,7-8,11-13,17H2,1-3H3. The maximum atomic E-state index is 5.81. The molecule has 3 heteroatoms. The van der Waals surface area contributed by atoms with Crippen LogP contribution >= 0.6 is 0 Å². The monoisotopic (exact) mass is 264 g/mol. The van der Waals surface area contributed by atoms with E-state index in [-0.39, 0.29) is 0 Å². The van der Waals surface area contributed by atoms with Crippen LogP contribution in [0, 0.1) is 0 Å². The summed E-state index contributed by atoms with van der Waals surface area (Å²) in [5.74, 6) is 0.925. The van der Waals surface area contributed by atoms with Crippen LogP contribution in [0.4, 0.5) is 0 Å². The van der Waals surface area contributed by atoms with Gasteiger partial charge in [-0.1, -0.05) is 31.5 Å². The van der Waals surface area contributed by atoms with Crippen molar-refractivity contribution in [1.82, 2.24) is 4.90 Å². The van der Waals surface area contributed by atoms with Crippen molar-refractivity contribution in [2.24, 2.45) is 5.73 Å². The first kappa shape index (κ1) is 16.0. The Morgan fingerprint density at radius 2 is 2.05 bits per heavy atom. The number of ether oxygens (including phenoxy) is 1. The molecule has 1 unspecified atom stereocenters. The average Bonchev–Trinajstić information content (AvgIpc) is 2.44. The van der Waals surface area contributed by atoms with E-state index >= 15 is 0 Å². The lowest BCUT2D eigenvalue weighted by molar-refractivity contribution is 0.215. The van der Waals surface area contributed by atoms with Crippen LogP contribution in [-0.2, 0) is 6.54 Å². The Balaban J connectivity index is 2.27. The number of hydrogen-bond acceptors (Lipinski definition) is 3. The lowest BCUT2D eigenvalue weighted by Gasteiger charge is -2.24. The first-order chi connectivity index (χ1) is 9.19. The van der Waals surface area contributed by atoms with Crippen LogP contribution in [0.25, 0.3) is 0 Å². The van der Waals surface area contributed by atoms with Crippen LogP contribution in [0.15, 0.2) is 24.3 Å². The van der Waals surface area contributed by atoms with Gasteiger partial charge in [0.25, 0.3) is 0 Å². The molecule has 3 nitrogen and oxygen atoms in total. The van der Waals surface area contributed by atoms with Crippen molar-refractivity contribution < 1.29 is 4.74 Å². The Labute approximate surface area is 117 Å². The highest BCUT2D eigenvalue weighted by atomic mass is 16.5. The minimum absolute atomic E-state index is 0.531. The second-order valence-corrected chi connectivity index (χ2v) is 5.13. The molecule has 108 valence electrons. The number of rotatable bonds is 9. The second kappa shape index (κ2) is 8.94. The summed E-state index contributed by atoms with van der Waals surface area (Å²) in [5, 5.41) is 0. The second-order valence-electron chi connectivity index (χ2n) is 5.13. The van der Waals surface area contributed by atoms with E-state index in [2.05, 4.69) is 25.8 Å². The number of nitrogens with zero attached hydrogens (tertiary/aromatic N) is 1. The van der Waals surface area contributed by atoms with E-state index in [9.17, 15) is 0 Å². The molecule has 0 radical (unpaired) electrons. The summed E-state index contributed by atoms with van der Waals surface area (Å²) in [6.45, 7) is 6.88. The predicted molar refractivity (Wildman–Crippen MR) is 81.4 cm³/mol. The van der Waals surface area contributed by atoms with Gasteiger partial charge in [0.15, 0.2) is 0 Å². The molecule has 0 aliphatic rings. The molecule has 0 bridgehead atoms. The van der Waals surface area contributed by atoms with Gasteiger partial charge in [-0.05, 0) is 32.9 Å². The topological polar surface area (TPSA) is 38.5 Å². The van der Waals surface area contributed by atoms with Crippen LogP contribution in [0.5, 0.6) is 5.75 Å². The Kier molecular flexibility index (Phi) is 7.53. The summed E-state index contributed by atoms with van der Waals surface area (Å²) < 4.78 is 5.81. The zero-order valence-electron chi connectivity index (χ0n) is 12.6. The molecule has 1 aromatic rings. The van der Waals surface area contributed by atoms with E-state index in [4.69, 9.17) is 10.5 Å². The molecule has 1 aromatic carbocycles. The van der Waals surface area contributed by atoms with E-state index in [0.29, 0.717) is 12.6 Å². The molecular formula is C16H28N2O. The van der Waals surface area contributed by atoms with Gasteiger partial charge in [0.2, 0.25) is 0 Å². The lowest BCUT2D eigenvalue weighted by Crippen LogP contribution is -2.30. The van der Waals surface area contributed by atoms with Gasteiger partial charge in [-0.15, -0.1) is 0 Å². The highest BCUT2D eigenvalue weighted by molar-refractivity contribution is 5.32. The quantitative estimate of drug-likeness (QED) is 0.697. The maximum Gasteiger partial charge on any atom is 0.123 e. The van der Waals surface area contributed by atoms with E-state index in [1.807, 2.05) is 24.3 Å².